The number of carboxylic acid groups (broad SMARTS) is 1. The van der Waals surface area contributed by atoms with Crippen molar-refractivity contribution in [2.75, 3.05) is 11.4 Å². The molecule has 0 spiro atoms. The quantitative estimate of drug-likeness (QED) is 0.784. The Balaban J connectivity index is 2.66. The molecule has 1 aromatic rings. The third-order valence-corrected chi connectivity index (χ3v) is 6.77. The fourth-order valence-electron chi connectivity index (χ4n) is 2.50. The topological polar surface area (TPSA) is 109 Å². The van der Waals surface area contributed by atoms with E-state index in [4.69, 9.17) is 16.7 Å². The molecule has 9 heteroatoms. The summed E-state index contributed by atoms with van der Waals surface area (Å²) in [7, 11) is -4.10. The van der Waals surface area contributed by atoms with Crippen LogP contribution in [0.25, 0.3) is 0 Å². The maximum absolute atomic E-state index is 12.6. The Morgan fingerprint density at radius 3 is 2.54 bits per heavy atom. The molecular formula is C15H16ClNO6S. The van der Waals surface area contributed by atoms with Gasteiger partial charge in [0.1, 0.15) is 6.54 Å². The third kappa shape index (κ3) is 3.03. The second-order valence-corrected chi connectivity index (χ2v) is 8.42. The van der Waals surface area contributed by atoms with Crippen LogP contribution in [0.1, 0.15) is 30.6 Å². The van der Waals surface area contributed by atoms with E-state index in [0.717, 1.165) is 4.90 Å². The maximum atomic E-state index is 12.6. The molecule has 0 bridgehead atoms. The summed E-state index contributed by atoms with van der Waals surface area (Å²) in [5, 5.41) is 6.39. The van der Waals surface area contributed by atoms with Gasteiger partial charge < -0.3 is 5.11 Å². The predicted octanol–water partition coefficient (Wildman–Crippen LogP) is 1.54. The Hall–Kier alpha value is -1.93. The summed E-state index contributed by atoms with van der Waals surface area (Å²) in [6.07, 6.45) is 0.228. The van der Waals surface area contributed by atoms with Crippen LogP contribution in [0.2, 0.25) is 5.02 Å². The van der Waals surface area contributed by atoms with Gasteiger partial charge in [0, 0.05) is 10.6 Å². The molecule has 1 heterocycles. The second-order valence-electron chi connectivity index (χ2n) is 5.53. The van der Waals surface area contributed by atoms with E-state index in [2.05, 4.69) is 0 Å². The standard InChI is InChI=1S/C15H16ClNO6S/c1-3-8(2)24(22,23)14-13(20)10-5-4-9(16)6-11(10)17(15(14)21)7-12(18)19/h4-6,8,14H,3,7H2,1-2H3,(H,18,19). The number of hydrogen-bond acceptors (Lipinski definition) is 5. The van der Waals surface area contributed by atoms with Gasteiger partial charge in [0.15, 0.2) is 15.6 Å². The van der Waals surface area contributed by atoms with Crippen molar-refractivity contribution >= 4 is 44.8 Å². The number of ketones is 1. The molecule has 2 unspecified atom stereocenters. The van der Waals surface area contributed by atoms with Crippen molar-refractivity contribution in [2.24, 2.45) is 0 Å². The van der Waals surface area contributed by atoms with Gasteiger partial charge in [-0.15, -0.1) is 0 Å². The highest BCUT2D eigenvalue weighted by molar-refractivity contribution is 7.94. The van der Waals surface area contributed by atoms with Crippen LogP contribution in [-0.2, 0) is 19.4 Å². The molecular weight excluding hydrogens is 358 g/mol. The van der Waals surface area contributed by atoms with E-state index in [1.807, 2.05) is 0 Å². The Morgan fingerprint density at radius 1 is 1.38 bits per heavy atom. The average Bonchev–Trinajstić information content (AvgIpc) is 2.49. The van der Waals surface area contributed by atoms with E-state index in [9.17, 15) is 22.8 Å². The van der Waals surface area contributed by atoms with E-state index in [1.54, 1.807) is 6.92 Å². The molecule has 0 saturated carbocycles. The number of carboxylic acids is 1. The van der Waals surface area contributed by atoms with Gasteiger partial charge in [-0.3, -0.25) is 19.3 Å². The minimum absolute atomic E-state index is 0.00972. The number of nitrogens with zero attached hydrogens (tertiary/aromatic N) is 1. The zero-order valence-corrected chi connectivity index (χ0v) is 14.6. The van der Waals surface area contributed by atoms with Gasteiger partial charge in [-0.2, -0.15) is 0 Å². The SMILES string of the molecule is CCC(C)S(=O)(=O)C1C(=O)c2ccc(Cl)cc2N(CC(=O)O)C1=O. The molecule has 0 aromatic heterocycles. The van der Waals surface area contributed by atoms with Crippen molar-refractivity contribution in [3.8, 4) is 0 Å². The zero-order chi connectivity index (χ0) is 18.2. The monoisotopic (exact) mass is 373 g/mol. The molecule has 1 aliphatic rings. The Morgan fingerprint density at radius 2 is 2.00 bits per heavy atom. The summed E-state index contributed by atoms with van der Waals surface area (Å²) < 4.78 is 25.2. The molecule has 1 aliphatic heterocycles. The van der Waals surface area contributed by atoms with Gasteiger partial charge in [-0.25, -0.2) is 8.42 Å². The number of carbonyl (C=O) groups is 3. The fourth-order valence-corrected chi connectivity index (χ4v) is 4.43. The van der Waals surface area contributed by atoms with Gasteiger partial charge in [0.05, 0.1) is 10.9 Å². The van der Waals surface area contributed by atoms with Crippen LogP contribution >= 0.6 is 11.6 Å². The Kier molecular flexibility index (Phi) is 5.00. The number of hydrogen-bond donors (Lipinski definition) is 1. The third-order valence-electron chi connectivity index (χ3n) is 4.00. The smallest absolute Gasteiger partial charge is 0.323 e. The van der Waals surface area contributed by atoms with Crippen molar-refractivity contribution in [3.05, 3.63) is 28.8 Å². The van der Waals surface area contributed by atoms with Gasteiger partial charge in [-0.1, -0.05) is 18.5 Å². The van der Waals surface area contributed by atoms with Gasteiger partial charge in [-0.05, 0) is 31.5 Å². The molecule has 2 atom stereocenters. The van der Waals surface area contributed by atoms with Gasteiger partial charge >= 0.3 is 5.97 Å². The summed E-state index contributed by atoms with van der Waals surface area (Å²) in [5.74, 6) is -3.24. The van der Waals surface area contributed by atoms with Crippen LogP contribution in [0.3, 0.4) is 0 Å². The number of aliphatic carboxylic acids is 1. The van der Waals surface area contributed by atoms with E-state index < -0.39 is 44.5 Å². The number of benzene rings is 1. The lowest BCUT2D eigenvalue weighted by atomic mass is 9.99. The molecule has 1 aromatic carbocycles. The largest absolute Gasteiger partial charge is 0.480 e. The van der Waals surface area contributed by atoms with E-state index in [0.29, 0.717) is 0 Å². The van der Waals surface area contributed by atoms with Crippen LogP contribution < -0.4 is 4.90 Å². The summed E-state index contributed by atoms with van der Waals surface area (Å²) in [6, 6.07) is 3.97. The first-order chi connectivity index (χ1) is 11.1. The summed E-state index contributed by atoms with van der Waals surface area (Å²) in [4.78, 5) is 37.1. The number of anilines is 1. The average molecular weight is 374 g/mol. The minimum atomic E-state index is -4.10. The number of halogens is 1. The van der Waals surface area contributed by atoms with Crippen LogP contribution in [0.4, 0.5) is 5.69 Å². The second kappa shape index (κ2) is 6.52. The van der Waals surface area contributed by atoms with Crippen molar-refractivity contribution in [1.82, 2.24) is 0 Å². The van der Waals surface area contributed by atoms with Crippen LogP contribution in [0, 0.1) is 0 Å². The van der Waals surface area contributed by atoms with Crippen molar-refractivity contribution in [3.63, 3.8) is 0 Å². The highest BCUT2D eigenvalue weighted by Gasteiger charge is 2.49. The fraction of sp³-hybridized carbons (Fsp3) is 0.400. The van der Waals surface area contributed by atoms with Crippen LogP contribution in [0.5, 0.6) is 0 Å². The normalized spacial score (nSPS) is 19.1. The summed E-state index contributed by atoms with van der Waals surface area (Å²) in [5.41, 5.74) is -0.0207. The molecule has 0 fully saturated rings. The Bertz CT molecular complexity index is 819. The lowest BCUT2D eigenvalue weighted by Gasteiger charge is -2.33. The number of sulfone groups is 1. The van der Waals surface area contributed by atoms with Crippen molar-refractivity contribution < 1.29 is 27.9 Å². The van der Waals surface area contributed by atoms with Gasteiger partial charge in [0.25, 0.3) is 5.91 Å². The van der Waals surface area contributed by atoms with E-state index >= 15 is 0 Å². The number of rotatable bonds is 5. The number of amides is 1. The molecule has 0 radical (unpaired) electrons. The van der Waals surface area contributed by atoms with Crippen molar-refractivity contribution in [1.29, 1.82) is 0 Å². The zero-order valence-electron chi connectivity index (χ0n) is 13.0. The molecule has 2 rings (SSSR count). The van der Waals surface area contributed by atoms with Crippen molar-refractivity contribution in [2.45, 2.75) is 30.8 Å². The number of Topliss-reactive ketones (excluding diaryl/α,β-unsaturated/α-hetero) is 1. The molecule has 1 N–H and O–H groups in total. The van der Waals surface area contributed by atoms with Gasteiger partial charge in [0.2, 0.25) is 5.25 Å². The molecule has 130 valence electrons. The first-order valence-corrected chi connectivity index (χ1v) is 9.19. The molecule has 24 heavy (non-hydrogen) atoms. The minimum Gasteiger partial charge on any atom is -0.480 e. The van der Waals surface area contributed by atoms with Crippen LogP contribution in [0.15, 0.2) is 18.2 Å². The lowest BCUT2D eigenvalue weighted by molar-refractivity contribution is -0.136. The molecule has 0 aliphatic carbocycles. The number of carbonyl (C=O) groups excluding carboxylic acids is 2. The highest BCUT2D eigenvalue weighted by Crippen LogP contribution is 2.34. The molecule has 7 nitrogen and oxygen atoms in total. The first-order valence-electron chi connectivity index (χ1n) is 7.20. The highest BCUT2D eigenvalue weighted by atomic mass is 35.5. The Labute approximate surface area is 144 Å². The van der Waals surface area contributed by atoms with E-state index in [-0.39, 0.29) is 22.7 Å². The predicted molar refractivity (Wildman–Crippen MR) is 88.2 cm³/mol. The molecule has 1 amide bonds. The van der Waals surface area contributed by atoms with E-state index in [1.165, 1.54) is 25.1 Å². The first kappa shape index (κ1) is 18.4. The maximum Gasteiger partial charge on any atom is 0.323 e. The van der Waals surface area contributed by atoms with Crippen LogP contribution in [-0.4, -0.2) is 48.2 Å². The lowest BCUT2D eigenvalue weighted by Crippen LogP contribution is -2.54. The number of fused-ring (bicyclic) bond motifs is 1. The summed E-state index contributed by atoms with van der Waals surface area (Å²) >= 11 is 5.86. The molecule has 0 saturated heterocycles. The summed E-state index contributed by atoms with van der Waals surface area (Å²) in [6.45, 7) is 2.28.